The van der Waals surface area contributed by atoms with Gasteiger partial charge in [-0.15, -0.1) is 21.5 Å². The Balaban J connectivity index is 1.45. The van der Waals surface area contributed by atoms with Crippen LogP contribution in [0.4, 0.5) is 5.00 Å². The van der Waals surface area contributed by atoms with E-state index in [0.29, 0.717) is 33.2 Å². The molecule has 4 rings (SSSR count). The predicted octanol–water partition coefficient (Wildman–Crippen LogP) is 6.82. The van der Waals surface area contributed by atoms with E-state index in [0.717, 1.165) is 42.6 Å². The van der Waals surface area contributed by atoms with E-state index in [9.17, 15) is 10.1 Å². The highest BCUT2D eigenvalue weighted by Crippen LogP contribution is 2.45. The summed E-state index contributed by atoms with van der Waals surface area (Å²) >= 11 is 8.92. The average Bonchev–Trinajstić information content (AvgIpc) is 3.42. The number of amides is 1. The third-order valence-electron chi connectivity index (χ3n) is 7.11. The summed E-state index contributed by atoms with van der Waals surface area (Å²) < 4.78 is 1.99. The van der Waals surface area contributed by atoms with E-state index in [2.05, 4.69) is 42.4 Å². The van der Waals surface area contributed by atoms with Crippen LogP contribution < -0.4 is 5.32 Å². The van der Waals surface area contributed by atoms with Crippen molar-refractivity contribution < 1.29 is 4.79 Å². The number of thioether (sulfide) groups is 1. The molecule has 1 aromatic carbocycles. The van der Waals surface area contributed by atoms with Crippen molar-refractivity contribution in [3.8, 4) is 17.5 Å². The molecule has 9 heteroatoms. The minimum Gasteiger partial charge on any atom is -0.316 e. The number of nitrogens with zero attached hydrogens (tertiary/aromatic N) is 4. The smallest absolute Gasteiger partial charge is 0.235 e. The Bertz CT molecular complexity index is 1260. The molecule has 0 aliphatic heterocycles. The van der Waals surface area contributed by atoms with E-state index in [1.807, 2.05) is 35.8 Å². The van der Waals surface area contributed by atoms with Crippen LogP contribution in [0.2, 0.25) is 5.02 Å². The second kappa shape index (κ2) is 10.7. The number of halogens is 1. The van der Waals surface area contributed by atoms with Gasteiger partial charge in [-0.25, -0.2) is 0 Å². The Hall–Kier alpha value is -2.34. The van der Waals surface area contributed by atoms with E-state index >= 15 is 0 Å². The summed E-state index contributed by atoms with van der Waals surface area (Å²) in [4.78, 5) is 14.1. The molecule has 1 aliphatic rings. The van der Waals surface area contributed by atoms with Crippen LogP contribution in [0.5, 0.6) is 0 Å². The molecule has 184 valence electrons. The number of nitrogens with one attached hydrogen (secondary N) is 1. The molecule has 0 saturated carbocycles. The third-order valence-corrected chi connectivity index (χ3v) is 9.50. The Morgan fingerprint density at radius 3 is 2.71 bits per heavy atom. The van der Waals surface area contributed by atoms with Gasteiger partial charge in [0.1, 0.15) is 11.1 Å². The quantitative estimate of drug-likeness (QED) is 0.325. The number of nitriles is 1. The van der Waals surface area contributed by atoms with Crippen molar-refractivity contribution in [3.63, 3.8) is 0 Å². The van der Waals surface area contributed by atoms with Crippen molar-refractivity contribution in [1.29, 1.82) is 5.26 Å². The highest BCUT2D eigenvalue weighted by atomic mass is 35.5. The average molecular weight is 528 g/mol. The molecule has 1 atom stereocenters. The van der Waals surface area contributed by atoms with Crippen LogP contribution in [-0.4, -0.2) is 26.4 Å². The topological polar surface area (TPSA) is 83.6 Å². The van der Waals surface area contributed by atoms with Gasteiger partial charge in [0.05, 0.1) is 11.3 Å². The molecule has 35 heavy (non-hydrogen) atoms. The Morgan fingerprint density at radius 1 is 1.31 bits per heavy atom. The fourth-order valence-electron chi connectivity index (χ4n) is 4.53. The molecule has 0 spiro atoms. The van der Waals surface area contributed by atoms with Crippen LogP contribution in [0.1, 0.15) is 56.5 Å². The van der Waals surface area contributed by atoms with Gasteiger partial charge in [-0.3, -0.25) is 4.79 Å². The number of anilines is 1. The van der Waals surface area contributed by atoms with Gasteiger partial charge < -0.3 is 9.88 Å². The molecule has 1 aliphatic carbocycles. The second-order valence-electron chi connectivity index (χ2n) is 9.50. The van der Waals surface area contributed by atoms with Crippen molar-refractivity contribution in [2.75, 3.05) is 11.1 Å². The van der Waals surface area contributed by atoms with E-state index in [1.54, 1.807) is 11.3 Å². The molecule has 0 radical (unpaired) electrons. The van der Waals surface area contributed by atoms with Gasteiger partial charge in [-0.2, -0.15) is 5.26 Å². The highest BCUT2D eigenvalue weighted by Gasteiger charge is 2.34. The molecule has 0 fully saturated rings. The fourth-order valence-corrected chi connectivity index (χ4v) is 6.76. The van der Waals surface area contributed by atoms with Crippen LogP contribution in [-0.2, 0) is 24.2 Å². The number of carbonyl (C=O) groups excluding carboxylic acids is 1. The van der Waals surface area contributed by atoms with E-state index < -0.39 is 0 Å². The molecule has 0 saturated heterocycles. The number of aromatic nitrogens is 3. The number of carbonyl (C=O) groups is 1. The van der Waals surface area contributed by atoms with Gasteiger partial charge in [0.2, 0.25) is 5.91 Å². The van der Waals surface area contributed by atoms with E-state index in [4.69, 9.17) is 11.6 Å². The number of hydrogen-bond donors (Lipinski definition) is 1. The summed E-state index contributed by atoms with van der Waals surface area (Å²) in [5.41, 5.74) is 2.96. The fraction of sp³-hybridized carbons (Fsp3) is 0.462. The summed E-state index contributed by atoms with van der Waals surface area (Å²) in [5, 5.41) is 23.5. The van der Waals surface area contributed by atoms with Crippen molar-refractivity contribution in [2.24, 2.45) is 11.3 Å². The predicted molar refractivity (Wildman–Crippen MR) is 144 cm³/mol. The van der Waals surface area contributed by atoms with Gasteiger partial charge in [0.15, 0.2) is 11.0 Å². The summed E-state index contributed by atoms with van der Waals surface area (Å²) in [7, 11) is 0. The van der Waals surface area contributed by atoms with Gasteiger partial charge in [0.25, 0.3) is 0 Å². The molecule has 6 nitrogen and oxygen atoms in total. The maximum Gasteiger partial charge on any atom is 0.235 e. The lowest BCUT2D eigenvalue weighted by atomic mass is 9.69. The minimum atomic E-state index is -0.144. The molecule has 1 amide bonds. The Morgan fingerprint density at radius 2 is 2.06 bits per heavy atom. The maximum atomic E-state index is 12.8. The third kappa shape index (κ3) is 5.42. The Labute approximate surface area is 220 Å². The summed E-state index contributed by atoms with van der Waals surface area (Å²) in [6, 6.07) is 9.82. The van der Waals surface area contributed by atoms with Gasteiger partial charge in [0, 0.05) is 22.0 Å². The molecular weight excluding hydrogens is 498 g/mol. The summed E-state index contributed by atoms with van der Waals surface area (Å²) in [6.07, 6.45) is 4.10. The van der Waals surface area contributed by atoms with Crippen molar-refractivity contribution in [2.45, 2.75) is 65.1 Å². The normalized spacial score (nSPS) is 15.5. The highest BCUT2D eigenvalue weighted by molar-refractivity contribution is 7.99. The first-order valence-electron chi connectivity index (χ1n) is 11.9. The van der Waals surface area contributed by atoms with Crippen LogP contribution >= 0.6 is 34.7 Å². The van der Waals surface area contributed by atoms with Crippen molar-refractivity contribution in [3.05, 3.63) is 45.3 Å². The van der Waals surface area contributed by atoms with Crippen LogP contribution in [0.25, 0.3) is 11.4 Å². The molecule has 2 aromatic heterocycles. The first kappa shape index (κ1) is 25.7. The largest absolute Gasteiger partial charge is 0.316 e. The van der Waals surface area contributed by atoms with Gasteiger partial charge >= 0.3 is 0 Å². The van der Waals surface area contributed by atoms with Gasteiger partial charge in [-0.1, -0.05) is 50.6 Å². The number of rotatable bonds is 8. The van der Waals surface area contributed by atoms with E-state index in [1.165, 1.54) is 16.6 Å². The van der Waals surface area contributed by atoms with Crippen LogP contribution in [0, 0.1) is 22.7 Å². The van der Waals surface area contributed by atoms with Crippen molar-refractivity contribution in [1.82, 2.24) is 14.8 Å². The lowest BCUT2D eigenvalue weighted by molar-refractivity contribution is -0.113. The maximum absolute atomic E-state index is 12.8. The lowest BCUT2D eigenvalue weighted by Crippen LogP contribution is -2.28. The first-order chi connectivity index (χ1) is 16.8. The molecule has 0 bridgehead atoms. The van der Waals surface area contributed by atoms with Gasteiger partial charge in [-0.05, 0) is 67.3 Å². The molecular formula is C26H30ClN5OS2. The first-order valence-corrected chi connectivity index (χ1v) is 14.1. The minimum absolute atomic E-state index is 0.144. The van der Waals surface area contributed by atoms with Crippen molar-refractivity contribution >= 4 is 45.6 Å². The van der Waals surface area contributed by atoms with Crippen LogP contribution in [0.3, 0.4) is 0 Å². The molecule has 1 unspecified atom stereocenters. The zero-order valence-electron chi connectivity index (χ0n) is 20.5. The van der Waals surface area contributed by atoms with E-state index in [-0.39, 0.29) is 17.1 Å². The molecule has 3 aromatic rings. The second-order valence-corrected chi connectivity index (χ2v) is 12.0. The monoisotopic (exact) mass is 527 g/mol. The lowest BCUT2D eigenvalue weighted by Gasteiger charge is -2.36. The standard InChI is InChI=1S/C26H30ClN5OS2/c1-5-26(3,4)17-9-12-19-20(14-28)24(35-21(19)13-17)29-22(33)15-34-25-31-30-23(32(25)6-2)16-7-10-18(27)11-8-16/h7-8,10-11,17H,5-6,9,12-13,15H2,1-4H3,(H,29,33). The number of hydrogen-bond acceptors (Lipinski definition) is 6. The van der Waals surface area contributed by atoms with Crippen LogP contribution in [0.15, 0.2) is 29.4 Å². The molecule has 2 heterocycles. The summed E-state index contributed by atoms with van der Waals surface area (Å²) in [6.45, 7) is 9.60. The summed E-state index contributed by atoms with van der Waals surface area (Å²) in [5.74, 6) is 1.39. The zero-order chi connectivity index (χ0) is 25.2. The number of fused-ring (bicyclic) bond motifs is 1. The zero-order valence-corrected chi connectivity index (χ0v) is 22.9. The SMILES string of the molecule is CCn1c(SCC(=O)Nc2sc3c(c2C#N)CCC(C(C)(C)CC)C3)nnc1-c1ccc(Cl)cc1. The number of benzene rings is 1. The molecule has 1 N–H and O–H groups in total. The number of thiophene rings is 1. The Kier molecular flexibility index (Phi) is 7.89.